The number of rotatable bonds is 8. The van der Waals surface area contributed by atoms with Gasteiger partial charge in [0.1, 0.15) is 11.8 Å². The van der Waals surface area contributed by atoms with Gasteiger partial charge in [0.2, 0.25) is 5.91 Å². The molecule has 2 aromatic heterocycles. The third-order valence-electron chi connectivity index (χ3n) is 5.48. The van der Waals surface area contributed by atoms with Gasteiger partial charge in [-0.2, -0.15) is 0 Å². The average molecular weight is 466 g/mol. The second-order valence-corrected chi connectivity index (χ2v) is 8.28. The molecule has 2 amide bonds. The minimum atomic E-state index is -1.00. The van der Waals surface area contributed by atoms with Gasteiger partial charge in [0.25, 0.3) is 5.91 Å². The second-order valence-electron chi connectivity index (χ2n) is 8.28. The number of amides is 2. The summed E-state index contributed by atoms with van der Waals surface area (Å²) in [7, 11) is 0. The van der Waals surface area contributed by atoms with Crippen molar-refractivity contribution in [2.45, 2.75) is 33.0 Å². The Bertz CT molecular complexity index is 1320. The van der Waals surface area contributed by atoms with Crippen LogP contribution in [0.3, 0.4) is 0 Å². The van der Waals surface area contributed by atoms with Crippen LogP contribution >= 0.6 is 0 Å². The Morgan fingerprint density at radius 2 is 1.82 bits per heavy atom. The van der Waals surface area contributed by atoms with Crippen molar-refractivity contribution in [2.24, 2.45) is 5.92 Å². The van der Waals surface area contributed by atoms with E-state index in [1.165, 1.54) is 12.6 Å². The zero-order valence-corrected chi connectivity index (χ0v) is 18.7. The molecule has 4 aromatic rings. The summed E-state index contributed by atoms with van der Waals surface area (Å²) in [6, 6.07) is 11.8. The number of imidazole rings is 1. The Labute approximate surface area is 194 Å². The van der Waals surface area contributed by atoms with Crippen LogP contribution in [0.15, 0.2) is 65.5 Å². The highest BCUT2D eigenvalue weighted by Gasteiger charge is 2.26. The number of furan rings is 1. The minimum Gasteiger partial charge on any atom is -0.467 e. The van der Waals surface area contributed by atoms with E-state index in [0.717, 1.165) is 17.7 Å². The van der Waals surface area contributed by atoms with E-state index >= 15 is 0 Å². The van der Waals surface area contributed by atoms with Crippen molar-refractivity contribution in [1.29, 1.82) is 0 Å². The molecule has 0 saturated carbocycles. The fourth-order valence-electron chi connectivity index (χ4n) is 3.79. The molecule has 0 fully saturated rings. The Kier molecular flexibility index (Phi) is 6.72. The summed E-state index contributed by atoms with van der Waals surface area (Å²) in [5.74, 6) is -2.05. The van der Waals surface area contributed by atoms with Gasteiger partial charge in [0.15, 0.2) is 11.6 Å². The smallest absolute Gasteiger partial charge is 0.251 e. The van der Waals surface area contributed by atoms with Gasteiger partial charge in [-0.1, -0.05) is 26.0 Å². The van der Waals surface area contributed by atoms with Crippen molar-refractivity contribution in [1.82, 2.24) is 20.2 Å². The van der Waals surface area contributed by atoms with Crippen LogP contribution in [0.25, 0.3) is 11.0 Å². The minimum absolute atomic E-state index is 0.149. The molecule has 34 heavy (non-hydrogen) atoms. The monoisotopic (exact) mass is 466 g/mol. The molecule has 0 saturated heterocycles. The van der Waals surface area contributed by atoms with Crippen molar-refractivity contribution in [3.05, 3.63) is 89.6 Å². The molecule has 4 rings (SSSR count). The summed E-state index contributed by atoms with van der Waals surface area (Å²) >= 11 is 0. The molecule has 2 heterocycles. The van der Waals surface area contributed by atoms with Crippen molar-refractivity contribution >= 4 is 22.8 Å². The number of fused-ring (bicyclic) bond motifs is 1. The fraction of sp³-hybridized carbons (Fsp3) is 0.240. The van der Waals surface area contributed by atoms with E-state index in [2.05, 4.69) is 15.6 Å². The van der Waals surface area contributed by atoms with Crippen LogP contribution in [-0.2, 0) is 17.9 Å². The number of carbonyl (C=O) groups excluding carboxylic acids is 2. The third-order valence-corrected chi connectivity index (χ3v) is 5.48. The van der Waals surface area contributed by atoms with Gasteiger partial charge in [-0.25, -0.2) is 13.8 Å². The molecule has 0 aliphatic carbocycles. The first-order valence-corrected chi connectivity index (χ1v) is 10.8. The van der Waals surface area contributed by atoms with Gasteiger partial charge >= 0.3 is 0 Å². The van der Waals surface area contributed by atoms with Crippen LogP contribution in [0.2, 0.25) is 0 Å². The summed E-state index contributed by atoms with van der Waals surface area (Å²) in [5.41, 5.74) is 1.80. The quantitative estimate of drug-likeness (QED) is 0.404. The van der Waals surface area contributed by atoms with Gasteiger partial charge in [-0.05, 0) is 35.7 Å². The van der Waals surface area contributed by atoms with Crippen molar-refractivity contribution in [3.8, 4) is 0 Å². The molecular weight excluding hydrogens is 442 g/mol. The third kappa shape index (κ3) is 4.98. The first-order chi connectivity index (χ1) is 16.3. The highest BCUT2D eigenvalue weighted by atomic mass is 19.2. The fourth-order valence-corrected chi connectivity index (χ4v) is 3.79. The second kappa shape index (κ2) is 9.86. The number of benzene rings is 2. The van der Waals surface area contributed by atoms with E-state index in [1.54, 1.807) is 41.0 Å². The number of halogens is 2. The van der Waals surface area contributed by atoms with Gasteiger partial charge in [-0.3, -0.25) is 9.59 Å². The molecule has 2 N–H and O–H groups in total. The normalized spacial score (nSPS) is 12.1. The standard InChI is InChI=1S/C25H24F2N4O3/c1-15(2)23(31-14-30-21-10-19(26)20(27)11-22(21)31)25(33)28-12-16-5-3-6-17(9-16)24(32)29-13-18-7-4-8-34-18/h3-11,14-15,23H,12-13H2,1-2H3,(H,28,33)(H,29,32). The number of nitrogens with zero attached hydrogens (tertiary/aromatic N) is 2. The molecule has 1 atom stereocenters. The Morgan fingerprint density at radius 1 is 1.03 bits per heavy atom. The zero-order valence-electron chi connectivity index (χ0n) is 18.7. The number of hydrogen-bond donors (Lipinski definition) is 2. The summed E-state index contributed by atoms with van der Waals surface area (Å²) in [5, 5.41) is 5.66. The molecule has 2 aromatic carbocycles. The lowest BCUT2D eigenvalue weighted by atomic mass is 10.0. The van der Waals surface area contributed by atoms with E-state index < -0.39 is 17.7 Å². The van der Waals surface area contributed by atoms with E-state index in [4.69, 9.17) is 4.42 Å². The highest BCUT2D eigenvalue weighted by Crippen LogP contribution is 2.25. The molecule has 0 aliphatic rings. The zero-order chi connectivity index (χ0) is 24.2. The van der Waals surface area contributed by atoms with Crippen molar-refractivity contribution in [3.63, 3.8) is 0 Å². The average Bonchev–Trinajstić information content (AvgIpc) is 3.47. The lowest BCUT2D eigenvalue weighted by Gasteiger charge is -2.22. The number of nitrogens with one attached hydrogen (secondary N) is 2. The summed E-state index contributed by atoms with van der Waals surface area (Å²) < 4.78 is 34.1. The largest absolute Gasteiger partial charge is 0.467 e. The number of carbonyl (C=O) groups is 2. The van der Waals surface area contributed by atoms with E-state index in [9.17, 15) is 18.4 Å². The molecule has 1 unspecified atom stereocenters. The van der Waals surface area contributed by atoms with E-state index in [1.807, 2.05) is 13.8 Å². The lowest BCUT2D eigenvalue weighted by molar-refractivity contribution is -0.125. The Balaban J connectivity index is 1.45. The molecule has 0 radical (unpaired) electrons. The lowest BCUT2D eigenvalue weighted by Crippen LogP contribution is -2.35. The maximum atomic E-state index is 13.8. The summed E-state index contributed by atoms with van der Waals surface area (Å²) in [4.78, 5) is 29.7. The predicted molar refractivity (Wildman–Crippen MR) is 122 cm³/mol. The molecule has 0 aliphatic heterocycles. The van der Waals surface area contributed by atoms with Crippen LogP contribution in [0.1, 0.15) is 41.6 Å². The molecular formula is C25H24F2N4O3. The van der Waals surface area contributed by atoms with Crippen LogP contribution < -0.4 is 10.6 Å². The molecule has 9 heteroatoms. The molecule has 0 spiro atoms. The molecule has 176 valence electrons. The molecule has 0 bridgehead atoms. The predicted octanol–water partition coefficient (Wildman–Crippen LogP) is 4.35. The maximum Gasteiger partial charge on any atom is 0.251 e. The SMILES string of the molecule is CC(C)C(C(=O)NCc1cccc(C(=O)NCc2ccco2)c1)n1cnc2cc(F)c(F)cc21. The van der Waals surface area contributed by atoms with Crippen LogP contribution in [-0.4, -0.2) is 21.4 Å². The number of aromatic nitrogens is 2. The van der Waals surface area contributed by atoms with Crippen molar-refractivity contribution < 1.29 is 22.8 Å². The van der Waals surface area contributed by atoms with Crippen LogP contribution in [0.4, 0.5) is 8.78 Å². The van der Waals surface area contributed by atoms with Gasteiger partial charge in [0.05, 0.1) is 30.2 Å². The first-order valence-electron chi connectivity index (χ1n) is 10.8. The Hall–Kier alpha value is -4.01. The van der Waals surface area contributed by atoms with Crippen molar-refractivity contribution in [2.75, 3.05) is 0 Å². The van der Waals surface area contributed by atoms with Crippen LogP contribution in [0, 0.1) is 17.6 Å². The van der Waals surface area contributed by atoms with E-state index in [-0.39, 0.29) is 36.3 Å². The topological polar surface area (TPSA) is 89.2 Å². The summed E-state index contributed by atoms with van der Waals surface area (Å²) in [6.45, 7) is 4.18. The maximum absolute atomic E-state index is 13.8. The van der Waals surface area contributed by atoms with E-state index in [0.29, 0.717) is 16.8 Å². The first kappa shape index (κ1) is 23.2. The number of hydrogen-bond acceptors (Lipinski definition) is 4. The highest BCUT2D eigenvalue weighted by molar-refractivity contribution is 5.94. The Morgan fingerprint density at radius 3 is 2.56 bits per heavy atom. The van der Waals surface area contributed by atoms with Gasteiger partial charge < -0.3 is 19.6 Å². The van der Waals surface area contributed by atoms with Crippen LogP contribution in [0.5, 0.6) is 0 Å². The van der Waals surface area contributed by atoms with Gasteiger partial charge in [0, 0.05) is 24.2 Å². The van der Waals surface area contributed by atoms with Gasteiger partial charge in [-0.15, -0.1) is 0 Å². The summed E-state index contributed by atoms with van der Waals surface area (Å²) in [6.07, 6.45) is 2.95. The molecule has 7 nitrogen and oxygen atoms in total.